The molecule has 0 heterocycles. The lowest BCUT2D eigenvalue weighted by molar-refractivity contribution is -0.140. The number of carbonyl (C=O) groups excluding carboxylic acids is 2. The van der Waals surface area contributed by atoms with E-state index >= 15 is 0 Å². The van der Waals surface area contributed by atoms with Crippen molar-refractivity contribution in [3.8, 4) is 0 Å². The molecule has 0 atom stereocenters. The van der Waals surface area contributed by atoms with Gasteiger partial charge in [0.25, 0.3) is 5.91 Å². The summed E-state index contributed by atoms with van der Waals surface area (Å²) in [6.45, 7) is 3.00. The number of benzene rings is 1. The minimum absolute atomic E-state index is 0.0711. The minimum atomic E-state index is -0.305. The van der Waals surface area contributed by atoms with E-state index in [1.165, 1.54) is 7.11 Å². The van der Waals surface area contributed by atoms with E-state index in [4.69, 9.17) is 0 Å². The second kappa shape index (κ2) is 7.94. The number of methoxy groups -OCH3 is 1. The SMILES string of the molecule is CCCN(CCC(=O)OC)C(=O)c1ccccc1Br. The Kier molecular flexibility index (Phi) is 6.56. The monoisotopic (exact) mass is 327 g/mol. The normalized spacial score (nSPS) is 10.1. The summed E-state index contributed by atoms with van der Waals surface area (Å²) < 4.78 is 5.36. The van der Waals surface area contributed by atoms with Crippen molar-refractivity contribution >= 4 is 27.8 Å². The van der Waals surface area contributed by atoms with Crippen molar-refractivity contribution in [1.82, 2.24) is 4.90 Å². The van der Waals surface area contributed by atoms with Crippen molar-refractivity contribution in [2.24, 2.45) is 0 Å². The Bertz CT molecular complexity index is 448. The number of ether oxygens (including phenoxy) is 1. The van der Waals surface area contributed by atoms with Crippen molar-refractivity contribution in [3.05, 3.63) is 34.3 Å². The number of nitrogens with zero attached hydrogens (tertiary/aromatic N) is 1. The molecule has 0 aromatic heterocycles. The third kappa shape index (κ3) is 4.67. The van der Waals surface area contributed by atoms with Crippen LogP contribution in [0.2, 0.25) is 0 Å². The van der Waals surface area contributed by atoms with Gasteiger partial charge in [0.05, 0.1) is 19.1 Å². The lowest BCUT2D eigenvalue weighted by atomic mass is 10.2. The van der Waals surface area contributed by atoms with Gasteiger partial charge in [0.1, 0.15) is 0 Å². The van der Waals surface area contributed by atoms with Gasteiger partial charge >= 0.3 is 5.97 Å². The van der Waals surface area contributed by atoms with Crippen LogP contribution in [0.5, 0.6) is 0 Å². The lowest BCUT2D eigenvalue weighted by Crippen LogP contribution is -2.34. The summed E-state index contributed by atoms with van der Waals surface area (Å²) in [6, 6.07) is 7.28. The van der Waals surface area contributed by atoms with Crippen molar-refractivity contribution in [3.63, 3.8) is 0 Å². The standard InChI is InChI=1S/C14H18BrNO3/c1-3-9-16(10-8-13(17)19-2)14(18)11-6-4-5-7-12(11)15/h4-7H,3,8-10H2,1-2H3. The molecule has 19 heavy (non-hydrogen) atoms. The number of hydrogen-bond donors (Lipinski definition) is 0. The van der Waals surface area contributed by atoms with Gasteiger partial charge in [0, 0.05) is 17.6 Å². The summed E-state index contributed by atoms with van der Waals surface area (Å²) in [6.07, 6.45) is 1.06. The van der Waals surface area contributed by atoms with Crippen LogP contribution in [0.15, 0.2) is 28.7 Å². The van der Waals surface area contributed by atoms with Gasteiger partial charge in [-0.3, -0.25) is 9.59 Å². The average molecular weight is 328 g/mol. The van der Waals surface area contributed by atoms with E-state index < -0.39 is 0 Å². The summed E-state index contributed by atoms with van der Waals surface area (Å²) >= 11 is 3.37. The maximum atomic E-state index is 12.4. The number of amides is 1. The number of esters is 1. The van der Waals surface area contributed by atoms with E-state index in [-0.39, 0.29) is 18.3 Å². The first kappa shape index (κ1) is 15.7. The van der Waals surface area contributed by atoms with Gasteiger partial charge in [0.2, 0.25) is 0 Å². The van der Waals surface area contributed by atoms with Gasteiger partial charge in [-0.1, -0.05) is 19.1 Å². The maximum absolute atomic E-state index is 12.4. The maximum Gasteiger partial charge on any atom is 0.307 e. The van der Waals surface area contributed by atoms with Crippen molar-refractivity contribution in [2.75, 3.05) is 20.2 Å². The summed E-state index contributed by atoms with van der Waals surface area (Å²) in [7, 11) is 1.35. The molecule has 5 heteroatoms. The lowest BCUT2D eigenvalue weighted by Gasteiger charge is -2.22. The molecule has 0 fully saturated rings. The van der Waals surface area contributed by atoms with E-state index in [0.29, 0.717) is 18.7 Å². The summed E-state index contributed by atoms with van der Waals surface area (Å²) in [5, 5.41) is 0. The molecule has 0 saturated carbocycles. The highest BCUT2D eigenvalue weighted by Crippen LogP contribution is 2.18. The van der Waals surface area contributed by atoms with Crippen LogP contribution in [-0.2, 0) is 9.53 Å². The topological polar surface area (TPSA) is 46.6 Å². The number of rotatable bonds is 6. The highest BCUT2D eigenvalue weighted by Gasteiger charge is 2.18. The summed E-state index contributed by atoms with van der Waals surface area (Å²) in [5.41, 5.74) is 0.612. The van der Waals surface area contributed by atoms with Gasteiger partial charge in [-0.15, -0.1) is 0 Å². The zero-order chi connectivity index (χ0) is 14.3. The number of hydrogen-bond acceptors (Lipinski definition) is 3. The fourth-order valence-corrected chi connectivity index (χ4v) is 2.17. The highest BCUT2D eigenvalue weighted by atomic mass is 79.9. The molecular weight excluding hydrogens is 310 g/mol. The smallest absolute Gasteiger partial charge is 0.307 e. The fraction of sp³-hybridized carbons (Fsp3) is 0.429. The van der Waals surface area contributed by atoms with Gasteiger partial charge in [-0.25, -0.2) is 0 Å². The van der Waals surface area contributed by atoms with E-state index in [2.05, 4.69) is 20.7 Å². The van der Waals surface area contributed by atoms with Gasteiger partial charge in [-0.2, -0.15) is 0 Å². The average Bonchev–Trinajstić information content (AvgIpc) is 2.42. The van der Waals surface area contributed by atoms with Gasteiger partial charge in [-0.05, 0) is 34.5 Å². The zero-order valence-corrected chi connectivity index (χ0v) is 12.8. The van der Waals surface area contributed by atoms with Crippen LogP contribution < -0.4 is 0 Å². The number of carbonyl (C=O) groups is 2. The molecule has 0 unspecified atom stereocenters. The summed E-state index contributed by atoms with van der Waals surface area (Å²) in [5.74, 6) is -0.376. The molecular formula is C14H18BrNO3. The Balaban J connectivity index is 2.78. The third-order valence-corrected chi connectivity index (χ3v) is 3.39. The molecule has 1 rings (SSSR count). The van der Waals surface area contributed by atoms with Gasteiger partial charge < -0.3 is 9.64 Å². The molecule has 0 aliphatic rings. The van der Waals surface area contributed by atoms with Crippen LogP contribution in [0.25, 0.3) is 0 Å². The molecule has 0 N–H and O–H groups in total. The molecule has 104 valence electrons. The van der Waals surface area contributed by atoms with E-state index in [1.807, 2.05) is 25.1 Å². The molecule has 0 aliphatic carbocycles. The van der Waals surface area contributed by atoms with Crippen molar-refractivity contribution in [1.29, 1.82) is 0 Å². The molecule has 1 amide bonds. The molecule has 0 aliphatic heterocycles. The number of halogens is 1. The Morgan fingerprint density at radius 2 is 1.95 bits per heavy atom. The van der Waals surface area contributed by atoms with Crippen LogP contribution in [-0.4, -0.2) is 37.0 Å². The molecule has 1 aromatic rings. The second-order valence-corrected chi connectivity index (χ2v) is 4.95. The van der Waals surface area contributed by atoms with Crippen molar-refractivity contribution in [2.45, 2.75) is 19.8 Å². The van der Waals surface area contributed by atoms with E-state index in [9.17, 15) is 9.59 Å². The molecule has 0 bridgehead atoms. The predicted octanol–water partition coefficient (Wildman–Crippen LogP) is 2.86. The Morgan fingerprint density at radius 1 is 1.26 bits per heavy atom. The second-order valence-electron chi connectivity index (χ2n) is 4.10. The zero-order valence-electron chi connectivity index (χ0n) is 11.2. The molecule has 0 saturated heterocycles. The van der Waals surface area contributed by atoms with Crippen LogP contribution in [0.4, 0.5) is 0 Å². The van der Waals surface area contributed by atoms with Crippen LogP contribution >= 0.6 is 15.9 Å². The first-order valence-corrected chi connectivity index (χ1v) is 7.00. The van der Waals surface area contributed by atoms with Crippen LogP contribution in [0, 0.1) is 0 Å². The largest absolute Gasteiger partial charge is 0.469 e. The van der Waals surface area contributed by atoms with Crippen molar-refractivity contribution < 1.29 is 14.3 Å². The minimum Gasteiger partial charge on any atom is -0.469 e. The molecule has 0 spiro atoms. The third-order valence-electron chi connectivity index (χ3n) is 2.70. The molecule has 0 radical (unpaired) electrons. The Labute approximate surface area is 121 Å². The molecule has 1 aromatic carbocycles. The Morgan fingerprint density at radius 3 is 2.53 bits per heavy atom. The quantitative estimate of drug-likeness (QED) is 0.755. The van der Waals surface area contributed by atoms with Crippen LogP contribution in [0.1, 0.15) is 30.1 Å². The predicted molar refractivity (Wildman–Crippen MR) is 77.0 cm³/mol. The summed E-state index contributed by atoms with van der Waals surface area (Å²) in [4.78, 5) is 25.3. The first-order chi connectivity index (χ1) is 9.10. The highest BCUT2D eigenvalue weighted by molar-refractivity contribution is 9.10. The van der Waals surface area contributed by atoms with Gasteiger partial charge in [0.15, 0.2) is 0 Å². The fourth-order valence-electron chi connectivity index (χ4n) is 1.72. The first-order valence-electron chi connectivity index (χ1n) is 6.20. The van der Waals surface area contributed by atoms with E-state index in [0.717, 1.165) is 10.9 Å². The Hall–Kier alpha value is -1.36. The van der Waals surface area contributed by atoms with Crippen LogP contribution in [0.3, 0.4) is 0 Å². The van der Waals surface area contributed by atoms with E-state index in [1.54, 1.807) is 11.0 Å². The molecule has 4 nitrogen and oxygen atoms in total.